The average Bonchev–Trinajstić information content (AvgIpc) is 3.30. The molecule has 2 aliphatic rings. The van der Waals surface area contributed by atoms with Gasteiger partial charge in [-0.2, -0.15) is 0 Å². The number of aromatic nitrogens is 2. The zero-order chi connectivity index (χ0) is 37.0. The maximum Gasteiger partial charge on any atom is 0.261 e. The molecule has 268 valence electrons. The van der Waals surface area contributed by atoms with Crippen molar-refractivity contribution < 1.29 is 14.7 Å². The smallest absolute Gasteiger partial charge is 0.261 e. The van der Waals surface area contributed by atoms with Crippen LogP contribution in [0.3, 0.4) is 0 Å². The predicted octanol–water partition coefficient (Wildman–Crippen LogP) is 7.59. The molecule has 2 aliphatic heterocycles. The van der Waals surface area contributed by atoms with Crippen molar-refractivity contribution in [3.8, 4) is 5.75 Å². The van der Waals surface area contributed by atoms with Crippen LogP contribution in [0.4, 0.5) is 0 Å². The van der Waals surface area contributed by atoms with E-state index in [1.807, 2.05) is 91.9 Å². The topological polar surface area (TPSA) is 102 Å². The predicted molar refractivity (Wildman–Crippen MR) is 209 cm³/mol. The van der Waals surface area contributed by atoms with Crippen LogP contribution in [0.15, 0.2) is 151 Å². The average molecular weight is 705 g/mol. The molecule has 0 bridgehead atoms. The van der Waals surface area contributed by atoms with Gasteiger partial charge >= 0.3 is 0 Å². The zero-order valence-electron chi connectivity index (χ0n) is 30.0. The number of imide groups is 1. The minimum absolute atomic E-state index is 0.0637. The first kappa shape index (κ1) is 36.8. The van der Waals surface area contributed by atoms with Gasteiger partial charge in [-0.3, -0.25) is 39.2 Å². The molecule has 53 heavy (non-hydrogen) atoms. The van der Waals surface area contributed by atoms with Gasteiger partial charge in [0.25, 0.3) is 11.8 Å². The van der Waals surface area contributed by atoms with Crippen LogP contribution in [0.25, 0.3) is 0 Å². The summed E-state index contributed by atoms with van der Waals surface area (Å²) in [7, 11) is 0. The lowest BCUT2D eigenvalue weighted by molar-refractivity contribution is 0.0642. The van der Waals surface area contributed by atoms with Crippen molar-refractivity contribution in [3.63, 3.8) is 0 Å². The second-order valence-electron chi connectivity index (χ2n) is 13.1. The molecule has 0 radical (unpaired) electrons. The largest absolute Gasteiger partial charge is 0.507 e. The third-order valence-electron chi connectivity index (χ3n) is 8.97. The second-order valence-corrected chi connectivity index (χ2v) is 13.1. The van der Waals surface area contributed by atoms with Gasteiger partial charge in [0.2, 0.25) is 0 Å². The third-order valence-corrected chi connectivity index (χ3v) is 8.97. The van der Waals surface area contributed by atoms with E-state index in [2.05, 4.69) is 37.4 Å². The second kappa shape index (κ2) is 17.9. The van der Waals surface area contributed by atoms with Crippen molar-refractivity contribution in [2.24, 2.45) is 4.99 Å². The normalized spacial score (nSPS) is 14.2. The Bertz CT molecular complexity index is 2010. The van der Waals surface area contributed by atoms with Crippen LogP contribution in [0, 0.1) is 0 Å². The fraction of sp³-hybridized carbons (Fsp3) is 0.205. The Morgan fingerprint density at radius 3 is 2.04 bits per heavy atom. The molecule has 9 nitrogen and oxygen atoms in total. The molecular formula is C44H44N6O3. The van der Waals surface area contributed by atoms with Crippen LogP contribution in [-0.4, -0.2) is 60.4 Å². The van der Waals surface area contributed by atoms with E-state index in [1.54, 1.807) is 42.9 Å². The highest BCUT2D eigenvalue weighted by Crippen LogP contribution is 2.31. The molecule has 0 fully saturated rings. The number of aromatic hydroxyl groups is 1. The standard InChI is InChI=1S/C44H44N6O3/c1-3-4-6-15-33(2)26-48(30-37-16-7-5-12-21-45-37)28-35-24-34(27-50-43(52)40-19-8-9-20-41(40)44(50)53)25-36(42(35)51)29-49(31-38-17-10-13-22-46-38)32-39-18-11-14-23-47-39/h3-15,17-25,51H,2,16,26-32H2,1H3/b4-3-,15-6-. The van der Waals surface area contributed by atoms with E-state index in [-0.39, 0.29) is 24.1 Å². The Labute approximate surface area is 311 Å². The molecule has 1 N–H and O–H groups in total. The lowest BCUT2D eigenvalue weighted by Gasteiger charge is -2.27. The van der Waals surface area contributed by atoms with Gasteiger partial charge in [0.05, 0.1) is 29.1 Å². The molecule has 0 saturated heterocycles. The Morgan fingerprint density at radius 1 is 0.811 bits per heavy atom. The molecular weight excluding hydrogens is 661 g/mol. The summed E-state index contributed by atoms with van der Waals surface area (Å²) in [6.07, 6.45) is 19.9. The number of phenols is 1. The molecule has 6 rings (SSSR count). The molecule has 9 heteroatoms. The van der Waals surface area contributed by atoms with Gasteiger partial charge in [-0.15, -0.1) is 0 Å². The molecule has 0 spiro atoms. The third kappa shape index (κ3) is 9.85. The Balaban J connectivity index is 1.37. The van der Waals surface area contributed by atoms with Crippen molar-refractivity contribution in [1.29, 1.82) is 0 Å². The molecule has 2 aromatic heterocycles. The summed E-state index contributed by atoms with van der Waals surface area (Å²) in [5.74, 6) is -0.495. The van der Waals surface area contributed by atoms with Crippen molar-refractivity contribution in [2.75, 3.05) is 13.1 Å². The van der Waals surface area contributed by atoms with E-state index in [4.69, 9.17) is 0 Å². The number of nitrogens with zero attached hydrogens (tertiary/aromatic N) is 6. The van der Waals surface area contributed by atoms with Crippen LogP contribution in [0.1, 0.15) is 62.1 Å². The summed E-state index contributed by atoms with van der Waals surface area (Å²) in [5, 5.41) is 12.1. The van der Waals surface area contributed by atoms with Crippen LogP contribution in [-0.2, 0) is 32.7 Å². The van der Waals surface area contributed by atoms with E-state index in [9.17, 15) is 14.7 Å². The van der Waals surface area contributed by atoms with E-state index in [0.29, 0.717) is 67.9 Å². The molecule has 0 aliphatic carbocycles. The number of rotatable bonds is 16. The fourth-order valence-electron chi connectivity index (χ4n) is 6.53. The number of hydrogen-bond acceptors (Lipinski definition) is 8. The minimum Gasteiger partial charge on any atom is -0.507 e. The zero-order valence-corrected chi connectivity index (χ0v) is 30.0. The molecule has 0 saturated carbocycles. The highest BCUT2D eigenvalue weighted by atomic mass is 16.3. The number of carbonyl (C=O) groups is 2. The van der Waals surface area contributed by atoms with Gasteiger partial charge in [-0.1, -0.05) is 67.3 Å². The van der Waals surface area contributed by atoms with E-state index >= 15 is 0 Å². The van der Waals surface area contributed by atoms with Crippen LogP contribution in [0.2, 0.25) is 0 Å². The van der Waals surface area contributed by atoms with Crippen LogP contribution in [0.5, 0.6) is 5.75 Å². The van der Waals surface area contributed by atoms with Gasteiger partial charge in [0, 0.05) is 81.1 Å². The summed E-state index contributed by atoms with van der Waals surface area (Å²) >= 11 is 0. The Kier molecular flexibility index (Phi) is 12.4. The van der Waals surface area contributed by atoms with Gasteiger partial charge in [0.15, 0.2) is 0 Å². The number of hydrogen-bond donors (Lipinski definition) is 1. The fourth-order valence-corrected chi connectivity index (χ4v) is 6.53. The molecule has 4 heterocycles. The first-order valence-electron chi connectivity index (χ1n) is 17.8. The van der Waals surface area contributed by atoms with E-state index in [0.717, 1.165) is 28.2 Å². The number of pyridine rings is 2. The number of benzene rings is 2. The van der Waals surface area contributed by atoms with Gasteiger partial charge in [-0.05, 0) is 72.7 Å². The maximum absolute atomic E-state index is 13.5. The first-order chi connectivity index (χ1) is 25.9. The molecule has 2 amide bonds. The molecule has 2 aromatic carbocycles. The molecule has 4 aromatic rings. The highest BCUT2D eigenvalue weighted by Gasteiger charge is 2.35. The van der Waals surface area contributed by atoms with Gasteiger partial charge < -0.3 is 5.11 Å². The van der Waals surface area contributed by atoms with Crippen molar-refractivity contribution >= 4 is 17.5 Å². The maximum atomic E-state index is 13.5. The SMILES string of the molecule is C=C(/C=C\C=C/C)CN(CC1=NC=CC=CC1)Cc1cc(CN2C(=O)c3ccccc3C2=O)cc(CN(Cc2ccccn2)Cc2ccccn2)c1O. The lowest BCUT2D eigenvalue weighted by Crippen LogP contribution is -2.31. The quantitative estimate of drug-likeness (QED) is 0.0948. The number of amides is 2. The van der Waals surface area contributed by atoms with Crippen LogP contribution >= 0.6 is 0 Å². The number of allylic oxidation sites excluding steroid dienone is 6. The van der Waals surface area contributed by atoms with Gasteiger partial charge in [-0.25, -0.2) is 0 Å². The summed E-state index contributed by atoms with van der Waals surface area (Å²) in [4.78, 5) is 46.4. The van der Waals surface area contributed by atoms with Crippen molar-refractivity contribution in [2.45, 2.75) is 46.1 Å². The monoisotopic (exact) mass is 704 g/mol. The van der Waals surface area contributed by atoms with Gasteiger partial charge in [0.1, 0.15) is 5.75 Å². The van der Waals surface area contributed by atoms with Crippen molar-refractivity contribution in [3.05, 3.63) is 185 Å². The summed E-state index contributed by atoms with van der Waals surface area (Å²) < 4.78 is 0. The Hall–Kier alpha value is -6.03. The number of fused-ring (bicyclic) bond motifs is 1. The number of phenolic OH excluding ortho intramolecular Hbond substituents is 1. The number of carbonyl (C=O) groups excluding carboxylic acids is 2. The first-order valence-corrected chi connectivity index (χ1v) is 17.8. The lowest BCUT2D eigenvalue weighted by atomic mass is 10.0. The highest BCUT2D eigenvalue weighted by molar-refractivity contribution is 6.21. The summed E-state index contributed by atoms with van der Waals surface area (Å²) in [6, 6.07) is 22.4. The van der Waals surface area contributed by atoms with Crippen LogP contribution < -0.4 is 0 Å². The summed E-state index contributed by atoms with van der Waals surface area (Å²) in [6.45, 7) is 9.18. The Morgan fingerprint density at radius 2 is 1.43 bits per heavy atom. The molecule has 0 unspecified atom stereocenters. The van der Waals surface area contributed by atoms with Crippen molar-refractivity contribution in [1.82, 2.24) is 24.7 Å². The molecule has 0 atom stereocenters. The minimum atomic E-state index is -0.327. The summed E-state index contributed by atoms with van der Waals surface area (Å²) in [5.41, 5.74) is 6.54. The van der Waals surface area contributed by atoms with E-state index < -0.39 is 0 Å². The van der Waals surface area contributed by atoms with E-state index in [1.165, 1.54) is 4.90 Å². The number of aliphatic imine (C=N–C) groups is 1.